The molecule has 2 N–H and O–H groups in total. The van der Waals surface area contributed by atoms with Crippen LogP contribution in [0, 0.1) is 12.8 Å². The van der Waals surface area contributed by atoms with Gasteiger partial charge in [-0.05, 0) is 45.8 Å². The van der Waals surface area contributed by atoms with Gasteiger partial charge >= 0.3 is 0 Å². The highest BCUT2D eigenvalue weighted by Crippen LogP contribution is 2.23. The van der Waals surface area contributed by atoms with E-state index in [0.29, 0.717) is 12.5 Å². The molecule has 7 nitrogen and oxygen atoms in total. The zero-order valence-electron chi connectivity index (χ0n) is 15.6. The minimum atomic E-state index is -0.772. The van der Waals surface area contributed by atoms with Crippen molar-refractivity contribution in [2.45, 2.75) is 44.6 Å². The Hall–Kier alpha value is -0.990. The fraction of sp³-hybridized carbons (Fsp3) is 0.833. The first-order valence-corrected chi connectivity index (χ1v) is 9.29. The Morgan fingerprint density at radius 2 is 2.00 bits per heavy atom. The highest BCUT2D eigenvalue weighted by molar-refractivity contribution is 5.15. The van der Waals surface area contributed by atoms with Crippen LogP contribution in [-0.2, 0) is 18.3 Å². The lowest BCUT2D eigenvalue weighted by Gasteiger charge is -2.40. The van der Waals surface area contributed by atoms with Gasteiger partial charge < -0.3 is 14.9 Å². The summed E-state index contributed by atoms with van der Waals surface area (Å²) in [6.45, 7) is 6.96. The van der Waals surface area contributed by atoms with E-state index in [0.717, 1.165) is 39.0 Å². The molecule has 0 aliphatic carbocycles. The summed E-state index contributed by atoms with van der Waals surface area (Å²) in [6.07, 6.45) is 2.81. The van der Waals surface area contributed by atoms with E-state index < -0.39 is 12.2 Å². The van der Waals surface area contributed by atoms with Gasteiger partial charge in [0.25, 0.3) is 0 Å². The van der Waals surface area contributed by atoms with Crippen LogP contribution < -0.4 is 0 Å². The van der Waals surface area contributed by atoms with Crippen molar-refractivity contribution in [1.29, 1.82) is 0 Å². The monoisotopic (exact) mass is 352 g/mol. The van der Waals surface area contributed by atoms with Crippen molar-refractivity contribution in [3.8, 4) is 0 Å². The SMILES string of the molecule is Cc1c(CN2CCC(CN(C)[C@@H]3COC[C@@H](O)[C@H]3O)CC2)cnn1C. The number of likely N-dealkylation sites (tertiary alicyclic amines) is 1. The smallest absolute Gasteiger partial charge is 0.105 e. The molecule has 0 aromatic carbocycles. The molecule has 0 spiro atoms. The van der Waals surface area contributed by atoms with E-state index in [9.17, 15) is 10.2 Å². The number of hydrogen-bond donors (Lipinski definition) is 2. The summed E-state index contributed by atoms with van der Waals surface area (Å²) in [7, 11) is 4.02. The van der Waals surface area contributed by atoms with Crippen LogP contribution in [-0.4, -0.2) is 87.9 Å². The fourth-order valence-corrected chi connectivity index (χ4v) is 3.96. The van der Waals surface area contributed by atoms with Crippen molar-refractivity contribution >= 4 is 0 Å². The summed E-state index contributed by atoms with van der Waals surface area (Å²) >= 11 is 0. The topological polar surface area (TPSA) is 74.0 Å². The molecule has 142 valence electrons. The minimum Gasteiger partial charge on any atom is -0.389 e. The number of hydrogen-bond acceptors (Lipinski definition) is 6. The second-order valence-electron chi connectivity index (χ2n) is 7.70. The molecule has 3 rings (SSSR count). The van der Waals surface area contributed by atoms with Gasteiger partial charge in [-0.1, -0.05) is 0 Å². The number of rotatable bonds is 5. The maximum absolute atomic E-state index is 10.2. The lowest BCUT2D eigenvalue weighted by atomic mass is 9.94. The normalized spacial score (nSPS) is 29.4. The van der Waals surface area contributed by atoms with E-state index in [2.05, 4.69) is 21.8 Å². The number of aromatic nitrogens is 2. The average Bonchev–Trinajstić information content (AvgIpc) is 2.91. The zero-order chi connectivity index (χ0) is 18.0. The third-order valence-corrected chi connectivity index (χ3v) is 5.92. The van der Waals surface area contributed by atoms with Crippen molar-refractivity contribution in [2.24, 2.45) is 13.0 Å². The average molecular weight is 352 g/mol. The van der Waals surface area contributed by atoms with Crippen LogP contribution in [0.2, 0.25) is 0 Å². The molecular formula is C18H32N4O3. The summed E-state index contributed by atoms with van der Waals surface area (Å²) in [5.41, 5.74) is 2.56. The second-order valence-corrected chi connectivity index (χ2v) is 7.70. The molecule has 3 heterocycles. The molecule has 7 heteroatoms. The van der Waals surface area contributed by atoms with Crippen molar-refractivity contribution in [1.82, 2.24) is 19.6 Å². The first-order valence-electron chi connectivity index (χ1n) is 9.29. The standard InChI is InChI=1S/C18H32N4O3/c1-13-15(8-19-21(13)3)10-22-6-4-14(5-7-22)9-20(2)16-11-25-12-17(23)18(16)24/h8,14,16-18,23-24H,4-7,9-12H2,1-3H3/t16-,17-,18+/m1/s1. The number of ether oxygens (including phenoxy) is 1. The van der Waals surface area contributed by atoms with Gasteiger partial charge in [-0.3, -0.25) is 14.5 Å². The highest BCUT2D eigenvalue weighted by atomic mass is 16.5. The molecule has 0 radical (unpaired) electrons. The molecule has 0 saturated carbocycles. The van der Waals surface area contributed by atoms with Crippen molar-refractivity contribution in [3.05, 3.63) is 17.5 Å². The van der Waals surface area contributed by atoms with Crippen LogP contribution in [0.25, 0.3) is 0 Å². The molecule has 2 aliphatic rings. The van der Waals surface area contributed by atoms with Crippen LogP contribution >= 0.6 is 0 Å². The first-order chi connectivity index (χ1) is 12.0. The van der Waals surface area contributed by atoms with Gasteiger partial charge in [0, 0.05) is 31.4 Å². The quantitative estimate of drug-likeness (QED) is 0.777. The molecule has 2 fully saturated rings. The van der Waals surface area contributed by atoms with Crippen LogP contribution in [0.5, 0.6) is 0 Å². The number of aliphatic hydroxyl groups excluding tert-OH is 2. The molecule has 0 bridgehead atoms. The molecule has 1 aromatic heterocycles. The van der Waals surface area contributed by atoms with Gasteiger partial charge in [-0.15, -0.1) is 0 Å². The third kappa shape index (κ3) is 4.41. The number of nitrogens with zero attached hydrogens (tertiary/aromatic N) is 4. The van der Waals surface area contributed by atoms with Gasteiger partial charge in [-0.25, -0.2) is 0 Å². The van der Waals surface area contributed by atoms with Gasteiger partial charge in [0.15, 0.2) is 0 Å². The molecule has 3 atom stereocenters. The summed E-state index contributed by atoms with van der Waals surface area (Å²) < 4.78 is 7.34. The molecule has 0 amide bonds. The Morgan fingerprint density at radius 1 is 1.28 bits per heavy atom. The maximum Gasteiger partial charge on any atom is 0.105 e. The summed E-state index contributed by atoms with van der Waals surface area (Å²) in [6, 6.07) is -0.111. The zero-order valence-corrected chi connectivity index (χ0v) is 15.6. The Bertz CT molecular complexity index is 557. The summed E-state index contributed by atoms with van der Waals surface area (Å²) in [5.74, 6) is 0.627. The molecule has 1 aromatic rings. The van der Waals surface area contributed by atoms with Gasteiger partial charge in [0.1, 0.15) is 6.10 Å². The van der Waals surface area contributed by atoms with E-state index >= 15 is 0 Å². The van der Waals surface area contributed by atoms with Crippen LogP contribution in [0.1, 0.15) is 24.1 Å². The second kappa shape index (κ2) is 8.14. The molecule has 2 saturated heterocycles. The van der Waals surface area contributed by atoms with Gasteiger partial charge in [-0.2, -0.15) is 5.10 Å². The Labute approximate surface area is 150 Å². The number of likely N-dealkylation sites (N-methyl/N-ethyl adjacent to an activating group) is 1. The van der Waals surface area contributed by atoms with Gasteiger partial charge in [0.2, 0.25) is 0 Å². The van der Waals surface area contributed by atoms with E-state index in [1.54, 1.807) is 0 Å². The molecule has 0 unspecified atom stereocenters. The van der Waals surface area contributed by atoms with Crippen molar-refractivity contribution in [2.75, 3.05) is 39.9 Å². The Morgan fingerprint density at radius 3 is 2.64 bits per heavy atom. The maximum atomic E-state index is 10.2. The van der Waals surface area contributed by atoms with E-state index in [1.807, 2.05) is 25.0 Å². The number of aryl methyl sites for hydroxylation is 1. The van der Waals surface area contributed by atoms with E-state index in [1.165, 1.54) is 11.3 Å². The van der Waals surface area contributed by atoms with Crippen LogP contribution in [0.4, 0.5) is 0 Å². The number of aliphatic hydroxyl groups is 2. The first kappa shape index (κ1) is 18.8. The predicted octanol–water partition coefficient (Wildman–Crippen LogP) is -0.00708. The van der Waals surface area contributed by atoms with Crippen LogP contribution in [0.15, 0.2) is 6.20 Å². The van der Waals surface area contributed by atoms with Crippen molar-refractivity contribution in [3.63, 3.8) is 0 Å². The van der Waals surface area contributed by atoms with Crippen molar-refractivity contribution < 1.29 is 14.9 Å². The summed E-state index contributed by atoms with van der Waals surface area (Å²) in [4.78, 5) is 4.67. The highest BCUT2D eigenvalue weighted by Gasteiger charge is 2.35. The molecular weight excluding hydrogens is 320 g/mol. The number of piperidine rings is 1. The van der Waals surface area contributed by atoms with E-state index in [4.69, 9.17) is 4.74 Å². The van der Waals surface area contributed by atoms with Crippen LogP contribution in [0.3, 0.4) is 0 Å². The van der Waals surface area contributed by atoms with E-state index in [-0.39, 0.29) is 12.6 Å². The largest absolute Gasteiger partial charge is 0.389 e. The minimum absolute atomic E-state index is 0.111. The molecule has 25 heavy (non-hydrogen) atoms. The van der Waals surface area contributed by atoms with Gasteiger partial charge in [0.05, 0.1) is 31.6 Å². The Balaban J connectivity index is 1.45. The lowest BCUT2D eigenvalue weighted by Crippen LogP contribution is -2.56. The lowest BCUT2D eigenvalue weighted by molar-refractivity contribution is -0.130. The summed E-state index contributed by atoms with van der Waals surface area (Å²) in [5, 5.41) is 24.3. The molecule has 2 aliphatic heterocycles. The third-order valence-electron chi connectivity index (χ3n) is 5.92. The Kier molecular flexibility index (Phi) is 6.12. The predicted molar refractivity (Wildman–Crippen MR) is 95.2 cm³/mol. The fourth-order valence-electron chi connectivity index (χ4n) is 3.96.